The highest BCUT2D eigenvalue weighted by Crippen LogP contribution is 2.18. The molecule has 0 aliphatic carbocycles. The van der Waals surface area contributed by atoms with Crippen molar-refractivity contribution in [1.29, 1.82) is 0 Å². The number of hydrogen-bond donors (Lipinski definition) is 0. The molecular weight excluding hydrogens is 368 g/mol. The Hall–Kier alpha value is -3.66. The van der Waals surface area contributed by atoms with Crippen molar-refractivity contribution in [3.05, 3.63) is 97.6 Å². The second kappa shape index (κ2) is 8.37. The minimum Gasteiger partial charge on any atom is -0.378 e. The van der Waals surface area contributed by atoms with Gasteiger partial charge in [-0.3, -0.25) is 0 Å². The number of hydrogen-bond acceptors (Lipinski definition) is 2. The molecule has 4 heteroatoms. The fourth-order valence-electron chi connectivity index (χ4n) is 3.43. The molecule has 30 heavy (non-hydrogen) atoms. The van der Waals surface area contributed by atoms with Gasteiger partial charge in [0.25, 0.3) is 0 Å². The first-order valence-corrected chi connectivity index (χ1v) is 10.1. The molecule has 0 bridgehead atoms. The Morgan fingerprint density at radius 3 is 1.00 bits per heavy atom. The minimum atomic E-state index is 1.15. The van der Waals surface area contributed by atoms with Crippen LogP contribution in [0, 0.1) is 0 Å². The molecule has 2 aromatic heterocycles. The number of nitrogens with zero attached hydrogens (tertiary/aromatic N) is 4. The van der Waals surface area contributed by atoms with E-state index in [1.54, 1.807) is 0 Å². The molecule has 0 saturated carbocycles. The van der Waals surface area contributed by atoms with Gasteiger partial charge in [-0.1, -0.05) is 0 Å². The Labute approximate surface area is 178 Å². The Morgan fingerprint density at radius 1 is 0.433 bits per heavy atom. The van der Waals surface area contributed by atoms with Crippen molar-refractivity contribution in [2.75, 3.05) is 38.0 Å². The normalized spacial score (nSPS) is 10.7. The lowest BCUT2D eigenvalue weighted by Gasteiger charge is -2.11. The van der Waals surface area contributed by atoms with Crippen LogP contribution < -0.4 is 18.9 Å². The van der Waals surface area contributed by atoms with Gasteiger partial charge in [0.15, 0.2) is 24.8 Å². The van der Waals surface area contributed by atoms with E-state index in [1.165, 1.54) is 22.5 Å². The molecule has 2 aromatic carbocycles. The predicted molar refractivity (Wildman–Crippen MR) is 124 cm³/mol. The summed E-state index contributed by atoms with van der Waals surface area (Å²) in [4.78, 5) is 4.21. The molecule has 0 N–H and O–H groups in total. The monoisotopic (exact) mass is 396 g/mol. The molecule has 4 aromatic rings. The highest BCUT2D eigenvalue weighted by Gasteiger charge is 2.10. The van der Waals surface area contributed by atoms with E-state index in [1.807, 2.05) is 0 Å². The topological polar surface area (TPSA) is 14.2 Å². The van der Waals surface area contributed by atoms with Gasteiger partial charge in [0.2, 0.25) is 11.4 Å². The molecule has 0 saturated heterocycles. The number of anilines is 2. The first-order valence-electron chi connectivity index (χ1n) is 10.1. The van der Waals surface area contributed by atoms with Gasteiger partial charge in [0, 0.05) is 88.1 Å². The van der Waals surface area contributed by atoms with Gasteiger partial charge in [-0.15, -0.1) is 0 Å². The summed E-state index contributed by atoms with van der Waals surface area (Å²) >= 11 is 0. The molecule has 2 heterocycles. The van der Waals surface area contributed by atoms with Crippen LogP contribution in [0.1, 0.15) is 0 Å². The summed E-state index contributed by atoms with van der Waals surface area (Å²) in [5.41, 5.74) is 7.10. The van der Waals surface area contributed by atoms with Gasteiger partial charge in [0.1, 0.15) is 0 Å². The van der Waals surface area contributed by atoms with Crippen molar-refractivity contribution in [3.8, 4) is 22.5 Å². The fraction of sp³-hybridized carbons (Fsp3) is 0.154. The van der Waals surface area contributed by atoms with Crippen LogP contribution in [-0.4, -0.2) is 28.2 Å². The Bertz CT molecular complexity index is 1000. The van der Waals surface area contributed by atoms with Gasteiger partial charge < -0.3 is 9.80 Å². The lowest BCUT2D eigenvalue weighted by molar-refractivity contribution is -0.596. The molecule has 0 unspecified atom stereocenters. The third-order valence-corrected chi connectivity index (χ3v) is 5.32. The van der Waals surface area contributed by atoms with Crippen LogP contribution in [-0.2, 0) is 0 Å². The van der Waals surface area contributed by atoms with E-state index in [9.17, 15) is 0 Å². The summed E-state index contributed by atoms with van der Waals surface area (Å²) in [6.07, 6.45) is 8.45. The van der Waals surface area contributed by atoms with Crippen molar-refractivity contribution >= 4 is 11.4 Å². The highest BCUT2D eigenvalue weighted by molar-refractivity contribution is 5.61. The Kier molecular flexibility index (Phi) is 5.48. The molecule has 0 amide bonds. The summed E-state index contributed by atoms with van der Waals surface area (Å²) in [5, 5.41) is 0. The number of aromatic nitrogens is 2. The van der Waals surface area contributed by atoms with Crippen LogP contribution in [0.5, 0.6) is 0 Å². The SMILES string of the molecule is CN(C)c1ccc(-[n+]2ccc(-c3cc[n+](-c4ccc(N(C)C)cc4)cc3)cc2)cc1. The molecule has 0 fully saturated rings. The van der Waals surface area contributed by atoms with E-state index in [4.69, 9.17) is 0 Å². The maximum Gasteiger partial charge on any atom is 0.210 e. The maximum absolute atomic E-state index is 2.16. The van der Waals surface area contributed by atoms with Crippen molar-refractivity contribution in [3.63, 3.8) is 0 Å². The van der Waals surface area contributed by atoms with Crippen LogP contribution in [0.4, 0.5) is 11.4 Å². The van der Waals surface area contributed by atoms with Gasteiger partial charge in [0.05, 0.1) is 0 Å². The van der Waals surface area contributed by atoms with Crippen LogP contribution >= 0.6 is 0 Å². The number of rotatable bonds is 5. The quantitative estimate of drug-likeness (QED) is 0.473. The Morgan fingerprint density at radius 2 is 0.733 bits per heavy atom. The van der Waals surface area contributed by atoms with Gasteiger partial charge >= 0.3 is 0 Å². The largest absolute Gasteiger partial charge is 0.378 e. The molecular formula is C26H28N4+2. The first kappa shape index (κ1) is 19.6. The smallest absolute Gasteiger partial charge is 0.210 e. The fourth-order valence-corrected chi connectivity index (χ4v) is 3.43. The summed E-state index contributed by atoms with van der Waals surface area (Å²) < 4.78 is 4.27. The lowest BCUT2D eigenvalue weighted by Crippen LogP contribution is -2.29. The second-order valence-electron chi connectivity index (χ2n) is 7.81. The molecule has 0 aliphatic heterocycles. The van der Waals surface area contributed by atoms with E-state index < -0.39 is 0 Å². The molecule has 0 radical (unpaired) electrons. The number of benzene rings is 2. The summed E-state index contributed by atoms with van der Waals surface area (Å²) in [6.45, 7) is 0. The molecule has 0 spiro atoms. The number of pyridine rings is 2. The van der Waals surface area contributed by atoms with Crippen molar-refractivity contribution in [2.24, 2.45) is 0 Å². The standard InChI is InChI=1S/C26H28N4/c1-27(2)23-5-9-25(10-6-23)29-17-13-21(14-18-29)22-15-19-30(20-16-22)26-11-7-24(8-12-26)28(3)4/h5-20H,1-4H3/q+2. The van der Waals surface area contributed by atoms with Crippen molar-refractivity contribution in [2.45, 2.75) is 0 Å². The van der Waals surface area contributed by atoms with Crippen LogP contribution in [0.15, 0.2) is 97.6 Å². The summed E-state index contributed by atoms with van der Waals surface area (Å²) in [5.74, 6) is 0. The Balaban J connectivity index is 1.51. The first-order chi connectivity index (χ1) is 14.5. The summed E-state index contributed by atoms with van der Waals surface area (Å²) in [7, 11) is 8.22. The molecule has 150 valence electrons. The molecule has 0 atom stereocenters. The van der Waals surface area contributed by atoms with Crippen LogP contribution in [0.3, 0.4) is 0 Å². The molecule has 0 aliphatic rings. The van der Waals surface area contributed by atoms with Crippen LogP contribution in [0.2, 0.25) is 0 Å². The third kappa shape index (κ3) is 4.18. The summed E-state index contributed by atoms with van der Waals surface area (Å²) in [6, 6.07) is 25.7. The molecule has 4 rings (SSSR count). The zero-order valence-electron chi connectivity index (χ0n) is 18.0. The van der Waals surface area contributed by atoms with E-state index in [0.717, 1.165) is 11.4 Å². The average Bonchev–Trinajstić information content (AvgIpc) is 2.79. The van der Waals surface area contributed by atoms with E-state index in [-0.39, 0.29) is 0 Å². The van der Waals surface area contributed by atoms with Gasteiger partial charge in [-0.2, -0.15) is 9.13 Å². The third-order valence-electron chi connectivity index (χ3n) is 5.32. The van der Waals surface area contributed by atoms with Crippen molar-refractivity contribution < 1.29 is 9.13 Å². The van der Waals surface area contributed by atoms with Gasteiger partial charge in [-0.05, 0) is 35.4 Å². The zero-order chi connectivity index (χ0) is 21.1. The van der Waals surface area contributed by atoms with Gasteiger partial charge in [-0.25, -0.2) is 0 Å². The van der Waals surface area contributed by atoms with E-state index >= 15 is 0 Å². The minimum absolute atomic E-state index is 1.15. The average molecular weight is 397 g/mol. The predicted octanol–water partition coefficient (Wildman–Crippen LogP) is 4.04. The maximum atomic E-state index is 2.16. The highest BCUT2D eigenvalue weighted by atomic mass is 15.1. The second-order valence-corrected chi connectivity index (χ2v) is 7.81. The molecule has 4 nitrogen and oxygen atoms in total. The van der Waals surface area contributed by atoms with E-state index in [0.29, 0.717) is 0 Å². The van der Waals surface area contributed by atoms with Crippen molar-refractivity contribution in [1.82, 2.24) is 0 Å². The lowest BCUT2D eigenvalue weighted by atomic mass is 10.1. The van der Waals surface area contributed by atoms with Crippen LogP contribution in [0.25, 0.3) is 22.5 Å². The zero-order valence-corrected chi connectivity index (χ0v) is 18.0. The van der Waals surface area contributed by atoms with E-state index in [2.05, 4.69) is 145 Å².